The second-order valence-electron chi connectivity index (χ2n) is 5.89. The Morgan fingerprint density at radius 1 is 1.33 bits per heavy atom. The zero-order chi connectivity index (χ0) is 12.6. The minimum Gasteiger partial charge on any atom is -0.494 e. The van der Waals surface area contributed by atoms with Crippen LogP contribution in [0.1, 0.15) is 39.5 Å². The Kier molecular flexibility index (Phi) is 2.96. The molecule has 0 amide bonds. The Morgan fingerprint density at radius 2 is 2.11 bits per heavy atom. The Morgan fingerprint density at radius 3 is 2.67 bits per heavy atom. The molecule has 1 aliphatic heterocycles. The summed E-state index contributed by atoms with van der Waals surface area (Å²) >= 11 is 0. The lowest BCUT2D eigenvalue weighted by molar-refractivity contribution is 0.309. The predicted octanol–water partition coefficient (Wildman–Crippen LogP) is 3.85. The van der Waals surface area contributed by atoms with Crippen LogP contribution in [-0.2, 0) is 0 Å². The zero-order valence-electron chi connectivity index (χ0n) is 11.5. The highest BCUT2D eigenvalue weighted by atomic mass is 16.5. The summed E-state index contributed by atoms with van der Waals surface area (Å²) in [6, 6.07) is 8.66. The van der Waals surface area contributed by atoms with Gasteiger partial charge in [-0.1, -0.05) is 13.3 Å². The zero-order valence-corrected chi connectivity index (χ0v) is 11.5. The molecule has 0 spiro atoms. The normalized spacial score (nSPS) is 29.2. The molecule has 1 aromatic rings. The fourth-order valence-electron chi connectivity index (χ4n) is 3.20. The summed E-state index contributed by atoms with van der Waals surface area (Å²) in [7, 11) is 0. The molecule has 1 heterocycles. The number of fused-ring (bicyclic) bond motifs is 1. The molecule has 1 aliphatic carbocycles. The third-order valence-corrected chi connectivity index (χ3v) is 4.61. The smallest absolute Gasteiger partial charge is 0.119 e. The van der Waals surface area contributed by atoms with Crippen LogP contribution in [-0.4, -0.2) is 18.7 Å². The van der Waals surface area contributed by atoms with E-state index >= 15 is 0 Å². The molecular formula is C16H23NO. The molecule has 2 heteroatoms. The van der Waals surface area contributed by atoms with Crippen molar-refractivity contribution in [3.8, 4) is 5.75 Å². The number of hydrogen-bond donors (Lipinski definition) is 0. The van der Waals surface area contributed by atoms with Crippen LogP contribution in [0.25, 0.3) is 0 Å². The molecule has 0 N–H and O–H groups in total. The minimum absolute atomic E-state index is 0.463. The molecule has 0 unspecified atom stereocenters. The monoisotopic (exact) mass is 245 g/mol. The second kappa shape index (κ2) is 4.49. The Bertz CT molecular complexity index is 412. The lowest BCUT2D eigenvalue weighted by atomic mass is 10.2. The Balaban J connectivity index is 1.64. The topological polar surface area (TPSA) is 12.5 Å². The van der Waals surface area contributed by atoms with Gasteiger partial charge in [0.1, 0.15) is 5.75 Å². The Hall–Kier alpha value is -1.18. The average molecular weight is 245 g/mol. The first-order valence-electron chi connectivity index (χ1n) is 7.24. The van der Waals surface area contributed by atoms with Crippen LogP contribution in [0.5, 0.6) is 5.75 Å². The van der Waals surface area contributed by atoms with Crippen molar-refractivity contribution in [1.29, 1.82) is 0 Å². The molecule has 1 aromatic carbocycles. The number of nitrogens with zero attached hydrogens (tertiary/aromatic N) is 1. The van der Waals surface area contributed by atoms with Crippen LogP contribution < -0.4 is 9.64 Å². The van der Waals surface area contributed by atoms with Crippen molar-refractivity contribution >= 4 is 5.69 Å². The summed E-state index contributed by atoms with van der Waals surface area (Å²) in [4.78, 5) is 2.58. The first kappa shape index (κ1) is 11.9. The summed E-state index contributed by atoms with van der Waals surface area (Å²) < 4.78 is 5.71. The molecular weight excluding hydrogens is 222 g/mol. The molecule has 2 aliphatic rings. The number of hydrogen-bond acceptors (Lipinski definition) is 2. The minimum atomic E-state index is 0.463. The summed E-state index contributed by atoms with van der Waals surface area (Å²) in [6.07, 6.45) is 5.06. The molecule has 2 atom stereocenters. The highest BCUT2D eigenvalue weighted by Gasteiger charge is 2.58. The van der Waals surface area contributed by atoms with E-state index in [9.17, 15) is 0 Å². The van der Waals surface area contributed by atoms with Gasteiger partial charge in [0.2, 0.25) is 0 Å². The van der Waals surface area contributed by atoms with Crippen LogP contribution in [0.15, 0.2) is 24.3 Å². The maximum atomic E-state index is 5.71. The molecule has 1 saturated heterocycles. The predicted molar refractivity (Wildman–Crippen MR) is 75.3 cm³/mol. The van der Waals surface area contributed by atoms with Crippen molar-refractivity contribution in [1.82, 2.24) is 0 Å². The van der Waals surface area contributed by atoms with Gasteiger partial charge in [0.15, 0.2) is 0 Å². The third kappa shape index (κ3) is 1.98. The lowest BCUT2D eigenvalue weighted by Gasteiger charge is -2.27. The van der Waals surface area contributed by atoms with Crippen molar-refractivity contribution in [2.75, 3.05) is 18.1 Å². The van der Waals surface area contributed by atoms with E-state index in [0.717, 1.165) is 24.7 Å². The van der Waals surface area contributed by atoms with E-state index in [1.165, 1.54) is 31.5 Å². The van der Waals surface area contributed by atoms with Crippen molar-refractivity contribution in [2.24, 2.45) is 5.92 Å². The standard InChI is InChI=1S/C16H23NO/c1-3-4-11-18-15-7-5-14(6-8-15)17-10-9-13-12-16(13,17)2/h5-8,13H,3-4,9-12H2,1-2H3/t13-,16+/m0/s1. The Labute approximate surface area is 110 Å². The van der Waals surface area contributed by atoms with Gasteiger partial charge in [-0.25, -0.2) is 0 Å². The fraction of sp³-hybridized carbons (Fsp3) is 0.625. The van der Waals surface area contributed by atoms with Gasteiger partial charge < -0.3 is 9.64 Å². The lowest BCUT2D eigenvalue weighted by Crippen LogP contribution is -2.31. The van der Waals surface area contributed by atoms with Gasteiger partial charge >= 0.3 is 0 Å². The molecule has 18 heavy (non-hydrogen) atoms. The first-order valence-corrected chi connectivity index (χ1v) is 7.24. The van der Waals surface area contributed by atoms with E-state index in [1.54, 1.807) is 0 Å². The number of unbranched alkanes of at least 4 members (excludes halogenated alkanes) is 1. The van der Waals surface area contributed by atoms with Crippen LogP contribution in [0, 0.1) is 5.92 Å². The summed E-state index contributed by atoms with van der Waals surface area (Å²) in [5.41, 5.74) is 1.82. The number of benzene rings is 1. The molecule has 2 nitrogen and oxygen atoms in total. The third-order valence-electron chi connectivity index (χ3n) is 4.61. The van der Waals surface area contributed by atoms with Crippen LogP contribution in [0.3, 0.4) is 0 Å². The number of anilines is 1. The molecule has 98 valence electrons. The number of ether oxygens (including phenoxy) is 1. The molecule has 2 fully saturated rings. The largest absolute Gasteiger partial charge is 0.494 e. The van der Waals surface area contributed by atoms with E-state index in [4.69, 9.17) is 4.74 Å². The second-order valence-corrected chi connectivity index (χ2v) is 5.89. The van der Waals surface area contributed by atoms with E-state index < -0.39 is 0 Å². The van der Waals surface area contributed by atoms with Gasteiger partial charge in [-0.3, -0.25) is 0 Å². The summed E-state index contributed by atoms with van der Waals surface area (Å²) in [6.45, 7) is 6.64. The van der Waals surface area contributed by atoms with E-state index in [2.05, 4.69) is 43.0 Å². The molecule has 0 bridgehead atoms. The highest BCUT2D eigenvalue weighted by Crippen LogP contribution is 2.56. The number of rotatable bonds is 5. The van der Waals surface area contributed by atoms with Gasteiger partial charge in [-0.05, 0) is 56.4 Å². The molecule has 0 aromatic heterocycles. The summed E-state index contributed by atoms with van der Waals surface area (Å²) in [5.74, 6) is 1.95. The van der Waals surface area contributed by atoms with Crippen LogP contribution in [0.2, 0.25) is 0 Å². The van der Waals surface area contributed by atoms with Gasteiger partial charge in [0.05, 0.1) is 6.61 Å². The van der Waals surface area contributed by atoms with Crippen molar-refractivity contribution in [3.63, 3.8) is 0 Å². The number of piperidine rings is 1. The molecule has 0 radical (unpaired) electrons. The van der Waals surface area contributed by atoms with Crippen LogP contribution in [0.4, 0.5) is 5.69 Å². The SMILES string of the molecule is CCCCOc1ccc(N2CC[C@H]3C[C@]32C)cc1. The molecule has 1 saturated carbocycles. The van der Waals surface area contributed by atoms with Gasteiger partial charge in [-0.2, -0.15) is 0 Å². The van der Waals surface area contributed by atoms with Gasteiger partial charge in [0.25, 0.3) is 0 Å². The fourth-order valence-corrected chi connectivity index (χ4v) is 3.20. The van der Waals surface area contributed by atoms with Crippen molar-refractivity contribution in [2.45, 2.75) is 45.1 Å². The average Bonchev–Trinajstić information content (AvgIpc) is 2.94. The first-order chi connectivity index (χ1) is 8.74. The van der Waals surface area contributed by atoms with Gasteiger partial charge in [-0.15, -0.1) is 0 Å². The van der Waals surface area contributed by atoms with Crippen molar-refractivity contribution in [3.05, 3.63) is 24.3 Å². The van der Waals surface area contributed by atoms with E-state index in [0.29, 0.717) is 5.54 Å². The maximum Gasteiger partial charge on any atom is 0.119 e. The van der Waals surface area contributed by atoms with Crippen LogP contribution >= 0.6 is 0 Å². The van der Waals surface area contributed by atoms with Crippen molar-refractivity contribution < 1.29 is 4.74 Å². The van der Waals surface area contributed by atoms with Gasteiger partial charge in [0, 0.05) is 17.8 Å². The summed E-state index contributed by atoms with van der Waals surface area (Å²) in [5, 5.41) is 0. The molecule has 3 rings (SSSR count). The maximum absolute atomic E-state index is 5.71. The van der Waals surface area contributed by atoms with E-state index in [1.807, 2.05) is 0 Å². The quantitative estimate of drug-likeness (QED) is 0.730. The van der Waals surface area contributed by atoms with E-state index in [-0.39, 0.29) is 0 Å². The highest BCUT2D eigenvalue weighted by molar-refractivity contribution is 5.55.